The first kappa shape index (κ1) is 10.7. The van der Waals surface area contributed by atoms with Crippen molar-refractivity contribution in [2.24, 2.45) is 11.8 Å². The second-order valence-corrected chi connectivity index (χ2v) is 5.68. The molecule has 2 atom stereocenters. The molecule has 0 bridgehead atoms. The molecule has 15 heavy (non-hydrogen) atoms. The molecule has 82 valence electrons. The van der Waals surface area contributed by atoms with Crippen LogP contribution in [0.25, 0.3) is 0 Å². The molecular weight excluding hydrogens is 208 g/mol. The lowest BCUT2D eigenvalue weighted by molar-refractivity contribution is 0.0487. The maximum Gasteiger partial charge on any atom is 0.348 e. The minimum atomic E-state index is -0.157. The summed E-state index contributed by atoms with van der Waals surface area (Å²) in [6.07, 6.45) is 1.20. The topological polar surface area (TPSA) is 26.3 Å². The highest BCUT2D eigenvalue weighted by molar-refractivity contribution is 7.14. The van der Waals surface area contributed by atoms with Gasteiger partial charge in [0.2, 0.25) is 0 Å². The van der Waals surface area contributed by atoms with E-state index in [-0.39, 0.29) is 5.97 Å². The Labute approximate surface area is 94.3 Å². The first-order chi connectivity index (χ1) is 7.08. The third-order valence-corrected chi connectivity index (χ3v) is 4.20. The van der Waals surface area contributed by atoms with Crippen LogP contribution in [0.3, 0.4) is 0 Å². The molecule has 1 aliphatic rings. The van der Waals surface area contributed by atoms with E-state index in [0.717, 1.165) is 10.8 Å². The van der Waals surface area contributed by atoms with Gasteiger partial charge in [0.15, 0.2) is 0 Å². The van der Waals surface area contributed by atoms with Gasteiger partial charge in [0.25, 0.3) is 0 Å². The summed E-state index contributed by atoms with van der Waals surface area (Å²) < 4.78 is 5.26. The Morgan fingerprint density at radius 2 is 2.27 bits per heavy atom. The molecule has 0 spiro atoms. The van der Waals surface area contributed by atoms with Gasteiger partial charge in [-0.3, -0.25) is 0 Å². The van der Waals surface area contributed by atoms with Gasteiger partial charge in [-0.05, 0) is 43.7 Å². The predicted molar refractivity (Wildman–Crippen MR) is 61.3 cm³/mol. The van der Waals surface area contributed by atoms with E-state index in [2.05, 4.69) is 6.92 Å². The zero-order valence-corrected chi connectivity index (χ0v) is 10.2. The zero-order valence-electron chi connectivity index (χ0n) is 9.37. The average Bonchev–Trinajstić information content (AvgIpc) is 2.79. The van der Waals surface area contributed by atoms with Gasteiger partial charge in [0.1, 0.15) is 4.88 Å². The monoisotopic (exact) mass is 224 g/mol. The summed E-state index contributed by atoms with van der Waals surface area (Å²) in [7, 11) is 0. The Kier molecular flexibility index (Phi) is 2.83. The van der Waals surface area contributed by atoms with E-state index in [4.69, 9.17) is 4.74 Å². The van der Waals surface area contributed by atoms with Crippen LogP contribution >= 0.6 is 11.3 Å². The number of carbonyl (C=O) groups is 1. The SMILES string of the molecule is Cc1cc(C(=O)OCC2CC2C)sc1C. The predicted octanol–water partition coefficient (Wildman–Crippen LogP) is 3.18. The largest absolute Gasteiger partial charge is 0.461 e. The molecule has 3 heteroatoms. The normalized spacial score (nSPS) is 23.9. The molecule has 2 rings (SSSR count). The fourth-order valence-electron chi connectivity index (χ4n) is 1.56. The van der Waals surface area contributed by atoms with Crippen LogP contribution in [0.5, 0.6) is 0 Å². The van der Waals surface area contributed by atoms with E-state index < -0.39 is 0 Å². The lowest BCUT2D eigenvalue weighted by Crippen LogP contribution is -2.06. The Balaban J connectivity index is 1.90. The molecule has 0 aromatic carbocycles. The Morgan fingerprint density at radius 3 is 2.73 bits per heavy atom. The molecule has 0 amide bonds. The number of hydrogen-bond donors (Lipinski definition) is 0. The van der Waals surface area contributed by atoms with Crippen molar-refractivity contribution in [2.45, 2.75) is 27.2 Å². The number of thiophene rings is 1. The van der Waals surface area contributed by atoms with Gasteiger partial charge in [0, 0.05) is 4.88 Å². The fourth-order valence-corrected chi connectivity index (χ4v) is 2.49. The smallest absolute Gasteiger partial charge is 0.348 e. The standard InChI is InChI=1S/C12H16O2S/c1-7-5-11(15-9(7)3)12(13)14-6-10-4-8(10)2/h5,8,10H,4,6H2,1-3H3. The van der Waals surface area contributed by atoms with Crippen molar-refractivity contribution in [3.05, 3.63) is 21.4 Å². The highest BCUT2D eigenvalue weighted by Gasteiger charge is 2.33. The number of hydrogen-bond acceptors (Lipinski definition) is 3. The van der Waals surface area contributed by atoms with Gasteiger partial charge < -0.3 is 4.74 Å². The van der Waals surface area contributed by atoms with Crippen LogP contribution in [0, 0.1) is 25.7 Å². The molecule has 2 nitrogen and oxygen atoms in total. The Morgan fingerprint density at radius 1 is 1.60 bits per heavy atom. The fraction of sp³-hybridized carbons (Fsp3) is 0.583. The zero-order chi connectivity index (χ0) is 11.0. The molecule has 2 unspecified atom stereocenters. The van der Waals surface area contributed by atoms with E-state index in [1.165, 1.54) is 28.2 Å². The van der Waals surface area contributed by atoms with Crippen molar-refractivity contribution in [2.75, 3.05) is 6.61 Å². The Hall–Kier alpha value is -0.830. The molecule has 1 fully saturated rings. The number of carbonyl (C=O) groups excluding carboxylic acids is 1. The minimum Gasteiger partial charge on any atom is -0.461 e. The van der Waals surface area contributed by atoms with Gasteiger partial charge in [-0.2, -0.15) is 0 Å². The van der Waals surface area contributed by atoms with Crippen LogP contribution in [0.4, 0.5) is 0 Å². The number of ether oxygens (including phenoxy) is 1. The molecule has 0 radical (unpaired) electrons. The van der Waals surface area contributed by atoms with Crippen molar-refractivity contribution >= 4 is 17.3 Å². The van der Waals surface area contributed by atoms with Gasteiger partial charge >= 0.3 is 5.97 Å². The van der Waals surface area contributed by atoms with Crippen molar-refractivity contribution in [3.8, 4) is 0 Å². The average molecular weight is 224 g/mol. The number of esters is 1. The van der Waals surface area contributed by atoms with Crippen LogP contribution in [0.2, 0.25) is 0 Å². The summed E-state index contributed by atoms with van der Waals surface area (Å²) in [5.41, 5.74) is 1.17. The lowest BCUT2D eigenvalue weighted by Gasteiger charge is -2.00. The number of rotatable bonds is 3. The quantitative estimate of drug-likeness (QED) is 0.737. The second-order valence-electron chi connectivity index (χ2n) is 4.42. The summed E-state index contributed by atoms with van der Waals surface area (Å²) in [5, 5.41) is 0. The molecule has 1 saturated carbocycles. The molecule has 0 aliphatic heterocycles. The molecule has 1 aromatic heterocycles. The molecule has 1 heterocycles. The first-order valence-corrected chi connectivity index (χ1v) is 6.13. The van der Waals surface area contributed by atoms with Gasteiger partial charge in [0.05, 0.1) is 6.61 Å². The lowest BCUT2D eigenvalue weighted by atomic mass is 10.3. The van der Waals surface area contributed by atoms with Crippen molar-refractivity contribution < 1.29 is 9.53 Å². The number of aryl methyl sites for hydroxylation is 2. The summed E-state index contributed by atoms with van der Waals surface area (Å²) in [6, 6.07) is 1.92. The van der Waals surface area contributed by atoms with E-state index in [9.17, 15) is 4.79 Å². The van der Waals surface area contributed by atoms with E-state index in [1.54, 1.807) is 0 Å². The van der Waals surface area contributed by atoms with Crippen molar-refractivity contribution in [1.29, 1.82) is 0 Å². The molecule has 0 N–H and O–H groups in total. The van der Waals surface area contributed by atoms with Gasteiger partial charge in [-0.1, -0.05) is 6.92 Å². The second kappa shape index (κ2) is 3.97. The minimum absolute atomic E-state index is 0.157. The first-order valence-electron chi connectivity index (χ1n) is 5.32. The van der Waals surface area contributed by atoms with Crippen LogP contribution in [-0.2, 0) is 4.74 Å². The van der Waals surface area contributed by atoms with Crippen molar-refractivity contribution in [3.63, 3.8) is 0 Å². The third kappa shape index (κ3) is 2.40. The maximum absolute atomic E-state index is 11.6. The summed E-state index contributed by atoms with van der Waals surface area (Å²) in [4.78, 5) is 13.6. The Bertz CT molecular complexity index is 361. The molecule has 1 aromatic rings. The van der Waals surface area contributed by atoms with E-state index in [1.807, 2.05) is 19.9 Å². The van der Waals surface area contributed by atoms with Crippen LogP contribution in [0.1, 0.15) is 33.5 Å². The van der Waals surface area contributed by atoms with Crippen molar-refractivity contribution in [1.82, 2.24) is 0 Å². The molecule has 0 saturated heterocycles. The molecule has 1 aliphatic carbocycles. The van der Waals surface area contributed by atoms with E-state index >= 15 is 0 Å². The summed E-state index contributed by atoms with van der Waals surface area (Å²) in [6.45, 7) is 6.83. The summed E-state index contributed by atoms with van der Waals surface area (Å²) >= 11 is 1.52. The van der Waals surface area contributed by atoms with Crippen LogP contribution in [-0.4, -0.2) is 12.6 Å². The molecular formula is C12H16O2S. The van der Waals surface area contributed by atoms with Gasteiger partial charge in [-0.15, -0.1) is 11.3 Å². The van der Waals surface area contributed by atoms with Gasteiger partial charge in [-0.25, -0.2) is 4.79 Å². The van der Waals surface area contributed by atoms with Crippen LogP contribution < -0.4 is 0 Å². The highest BCUT2D eigenvalue weighted by atomic mass is 32.1. The highest BCUT2D eigenvalue weighted by Crippen LogP contribution is 2.37. The van der Waals surface area contributed by atoms with Crippen LogP contribution in [0.15, 0.2) is 6.07 Å². The van der Waals surface area contributed by atoms with E-state index in [0.29, 0.717) is 12.5 Å². The third-order valence-electron chi connectivity index (χ3n) is 3.07. The maximum atomic E-state index is 11.6. The summed E-state index contributed by atoms with van der Waals surface area (Å²) in [5.74, 6) is 1.19.